The van der Waals surface area contributed by atoms with Crippen LogP contribution in [0.1, 0.15) is 85.1 Å². The van der Waals surface area contributed by atoms with Crippen LogP contribution in [-0.4, -0.2) is 63.9 Å². The second-order valence-corrected chi connectivity index (χ2v) is 5.09. The highest BCUT2D eigenvalue weighted by Gasteiger charge is 2.01. The van der Waals surface area contributed by atoms with E-state index in [2.05, 4.69) is 28.4 Å². The Bertz CT molecular complexity index is 408. The molecule has 0 aliphatic heterocycles. The summed E-state index contributed by atoms with van der Waals surface area (Å²) in [7, 11) is 2.56. The molecular formula is C22H52O10. The molecule has 0 radical (unpaired) electrons. The zero-order valence-corrected chi connectivity index (χ0v) is 18.7. The van der Waals surface area contributed by atoms with E-state index in [1.54, 1.807) is 27.7 Å². The van der Waals surface area contributed by atoms with Crippen LogP contribution in [0.5, 0.6) is 0 Å². The van der Waals surface area contributed by atoms with Gasteiger partial charge in [-0.3, -0.25) is 9.59 Å². The van der Waals surface area contributed by atoms with Gasteiger partial charge in [-0.2, -0.15) is 0 Å². The van der Waals surface area contributed by atoms with E-state index in [1.165, 1.54) is 28.1 Å². The van der Waals surface area contributed by atoms with Crippen LogP contribution < -0.4 is 0 Å². The van der Waals surface area contributed by atoms with Gasteiger partial charge in [-0.05, 0) is 41.5 Å². The molecule has 0 amide bonds. The molecule has 0 heterocycles. The second-order valence-electron chi connectivity index (χ2n) is 5.09. The van der Waals surface area contributed by atoms with Gasteiger partial charge in [0.15, 0.2) is 0 Å². The molecule has 0 spiro atoms. The maximum absolute atomic E-state index is 10.2. The molecule has 10 nitrogen and oxygen atoms in total. The fourth-order valence-electron chi connectivity index (χ4n) is 0.953. The summed E-state index contributed by atoms with van der Waals surface area (Å²) < 4.78 is 26.2. The average Bonchev–Trinajstić information content (AvgIpc) is 2.54. The molecule has 0 atom stereocenters. The van der Waals surface area contributed by atoms with Gasteiger partial charge in [0.25, 0.3) is 0 Å². The van der Waals surface area contributed by atoms with Gasteiger partial charge in [-0.25, -0.2) is 9.59 Å². The van der Waals surface area contributed by atoms with Crippen LogP contribution in [0.3, 0.4) is 0 Å². The number of rotatable bonds is 4. The molecule has 0 fully saturated rings. The molecule has 0 unspecified atom stereocenters. The second kappa shape index (κ2) is 39.0. The zero-order chi connectivity index (χ0) is 23.1. The van der Waals surface area contributed by atoms with Crippen molar-refractivity contribution in [3.8, 4) is 0 Å². The van der Waals surface area contributed by atoms with Gasteiger partial charge in [0.2, 0.25) is 0 Å². The lowest BCUT2D eigenvalue weighted by Gasteiger charge is -2.03. The smallest absolute Gasteiger partial charge is 0.466 e. The molecule has 0 aromatic rings. The number of esters is 2. The Morgan fingerprint density at radius 2 is 0.938 bits per heavy atom. The molecule has 0 aromatic carbocycles. The average molecular weight is 477 g/mol. The van der Waals surface area contributed by atoms with Gasteiger partial charge in [0.1, 0.15) is 0 Å². The lowest BCUT2D eigenvalue weighted by molar-refractivity contribution is -0.144. The SMILES string of the molecule is C.C.C.C.CC(=O)OC(C)C.CCOC(=O)OC.CCOC(C)=O.COC(=O)OC(C)C. The summed E-state index contributed by atoms with van der Waals surface area (Å²) in [6.07, 6.45) is -1.32. The molecule has 0 aromatic heterocycles. The first-order valence-corrected chi connectivity index (χ1v) is 8.63. The van der Waals surface area contributed by atoms with Crippen molar-refractivity contribution in [2.75, 3.05) is 27.4 Å². The number of hydrogen-bond acceptors (Lipinski definition) is 10. The topological polar surface area (TPSA) is 124 Å². The van der Waals surface area contributed by atoms with E-state index < -0.39 is 12.3 Å². The molecule has 32 heavy (non-hydrogen) atoms. The number of ether oxygens (including phenoxy) is 6. The maximum atomic E-state index is 10.2. The van der Waals surface area contributed by atoms with Crippen LogP contribution in [0.4, 0.5) is 9.59 Å². The van der Waals surface area contributed by atoms with E-state index in [-0.39, 0.29) is 53.9 Å². The lowest BCUT2D eigenvalue weighted by atomic mass is 10.5. The molecule has 0 saturated heterocycles. The number of hydrogen-bond donors (Lipinski definition) is 0. The first kappa shape index (κ1) is 51.8. The van der Waals surface area contributed by atoms with Gasteiger partial charge in [0, 0.05) is 13.8 Å². The van der Waals surface area contributed by atoms with Crippen LogP contribution in [0.2, 0.25) is 0 Å². The van der Waals surface area contributed by atoms with Crippen molar-refractivity contribution in [1.82, 2.24) is 0 Å². The summed E-state index contributed by atoms with van der Waals surface area (Å²) >= 11 is 0. The van der Waals surface area contributed by atoms with E-state index >= 15 is 0 Å². The highest BCUT2D eigenvalue weighted by molar-refractivity contribution is 5.66. The molecule has 0 N–H and O–H groups in total. The van der Waals surface area contributed by atoms with Crippen molar-refractivity contribution in [1.29, 1.82) is 0 Å². The quantitative estimate of drug-likeness (QED) is 0.350. The van der Waals surface area contributed by atoms with Gasteiger partial charge in [-0.15, -0.1) is 0 Å². The van der Waals surface area contributed by atoms with Crippen LogP contribution in [0.15, 0.2) is 0 Å². The van der Waals surface area contributed by atoms with Gasteiger partial charge >= 0.3 is 24.2 Å². The molecule has 0 saturated carbocycles. The minimum absolute atomic E-state index is 0. The predicted octanol–water partition coefficient (Wildman–Crippen LogP) is 6.04. The predicted molar refractivity (Wildman–Crippen MR) is 129 cm³/mol. The maximum Gasteiger partial charge on any atom is 0.508 e. The molecule has 0 rings (SSSR count). The summed E-state index contributed by atoms with van der Waals surface area (Å²) in [6.45, 7) is 14.3. The largest absolute Gasteiger partial charge is 0.508 e. The van der Waals surface area contributed by atoms with E-state index in [0.717, 1.165) is 0 Å². The Balaban J connectivity index is -0.0000000386. The Hall–Kier alpha value is -2.52. The fourth-order valence-corrected chi connectivity index (χ4v) is 0.953. The van der Waals surface area contributed by atoms with Crippen LogP contribution in [0, 0.1) is 0 Å². The molecule has 200 valence electrons. The summed E-state index contributed by atoms with van der Waals surface area (Å²) in [6, 6.07) is 0. The monoisotopic (exact) mass is 476 g/mol. The third-order valence-corrected chi connectivity index (χ3v) is 1.68. The number of methoxy groups -OCH3 is 2. The van der Waals surface area contributed by atoms with Crippen molar-refractivity contribution in [2.45, 2.75) is 97.3 Å². The Morgan fingerprint density at radius 3 is 1.00 bits per heavy atom. The van der Waals surface area contributed by atoms with Gasteiger partial charge in [-0.1, -0.05) is 29.7 Å². The third-order valence-electron chi connectivity index (χ3n) is 1.68. The van der Waals surface area contributed by atoms with Gasteiger partial charge < -0.3 is 28.4 Å². The van der Waals surface area contributed by atoms with Crippen molar-refractivity contribution in [2.24, 2.45) is 0 Å². The zero-order valence-electron chi connectivity index (χ0n) is 18.7. The summed E-state index contributed by atoms with van der Waals surface area (Å²) in [5, 5.41) is 0. The Morgan fingerprint density at radius 1 is 0.594 bits per heavy atom. The van der Waals surface area contributed by atoms with Crippen LogP contribution in [-0.2, 0) is 38.0 Å². The van der Waals surface area contributed by atoms with Crippen molar-refractivity contribution >= 4 is 24.2 Å². The highest BCUT2D eigenvalue weighted by atomic mass is 16.7. The van der Waals surface area contributed by atoms with E-state index in [1.807, 2.05) is 13.8 Å². The van der Waals surface area contributed by atoms with Crippen molar-refractivity contribution in [3.05, 3.63) is 0 Å². The van der Waals surface area contributed by atoms with Crippen LogP contribution >= 0.6 is 0 Å². The first-order valence-electron chi connectivity index (χ1n) is 8.63. The molecule has 0 aliphatic rings. The van der Waals surface area contributed by atoms with E-state index in [9.17, 15) is 19.2 Å². The molecule has 10 heteroatoms. The number of carbonyl (C=O) groups is 4. The van der Waals surface area contributed by atoms with E-state index in [4.69, 9.17) is 0 Å². The molecule has 0 bridgehead atoms. The highest BCUT2D eigenvalue weighted by Crippen LogP contribution is 1.89. The minimum atomic E-state index is -0.625. The van der Waals surface area contributed by atoms with Crippen LogP contribution in [0.25, 0.3) is 0 Å². The summed E-state index contributed by atoms with van der Waals surface area (Å²) in [5.41, 5.74) is 0. The normalized spacial score (nSPS) is 7.38. The number of carbonyl (C=O) groups excluding carboxylic acids is 4. The first-order chi connectivity index (χ1) is 12.9. The van der Waals surface area contributed by atoms with E-state index in [0.29, 0.717) is 13.2 Å². The third kappa shape index (κ3) is 80.4. The fraction of sp³-hybridized carbons (Fsp3) is 0.818. The lowest BCUT2D eigenvalue weighted by Crippen LogP contribution is -2.10. The van der Waals surface area contributed by atoms with Crippen molar-refractivity contribution in [3.63, 3.8) is 0 Å². The molecular weight excluding hydrogens is 424 g/mol. The summed E-state index contributed by atoms with van der Waals surface area (Å²) in [5.74, 6) is -0.424. The van der Waals surface area contributed by atoms with Gasteiger partial charge in [0.05, 0.1) is 39.6 Å². The van der Waals surface area contributed by atoms with Crippen molar-refractivity contribution < 1.29 is 47.6 Å². The Labute approximate surface area is 197 Å². The molecule has 0 aliphatic carbocycles. The summed E-state index contributed by atoms with van der Waals surface area (Å²) in [4.78, 5) is 40.0. The minimum Gasteiger partial charge on any atom is -0.466 e. The standard InChI is InChI=1S/C5H10O3.C5H10O2.C4H8O3.C4H8O2.4CH4/c1-4(2)8-5(6)7-3;1-4(2)7-5(3)6;1-3-7-4(5)6-2;1-3-6-4(2)5;;;;/h4H,1-3H3;4H,1-3H3;3H2,1-2H3;3H2,1-2H3;4*1H4. The Kier molecular flexibility index (Phi) is 63.2.